The van der Waals surface area contributed by atoms with Crippen LogP contribution in [-0.4, -0.2) is 19.8 Å². The van der Waals surface area contributed by atoms with Gasteiger partial charge in [-0.2, -0.15) is 0 Å². The van der Waals surface area contributed by atoms with Crippen LogP contribution in [0.4, 0.5) is 4.39 Å². The summed E-state index contributed by atoms with van der Waals surface area (Å²) >= 11 is 0. The number of benzene rings is 1. The van der Waals surface area contributed by atoms with Crippen LogP contribution in [0.15, 0.2) is 76.7 Å². The number of halogens is 1. The normalized spacial score (nSPS) is 11.6. The van der Waals surface area contributed by atoms with Gasteiger partial charge in [-0.05, 0) is 30.7 Å². The molecule has 142 valence electrons. The first-order chi connectivity index (χ1) is 13.4. The van der Waals surface area contributed by atoms with E-state index >= 15 is 0 Å². The Balaban J connectivity index is 2.27. The summed E-state index contributed by atoms with van der Waals surface area (Å²) in [7, 11) is 0. The smallest absolute Gasteiger partial charge is 0.279 e. The van der Waals surface area contributed by atoms with Crippen molar-refractivity contribution >= 4 is 11.2 Å². The van der Waals surface area contributed by atoms with Gasteiger partial charge < -0.3 is 14.1 Å². The summed E-state index contributed by atoms with van der Waals surface area (Å²) in [5.41, 5.74) is 0.0220. The molecule has 0 radical (unpaired) electrons. The number of nitrogens with zero attached hydrogens (tertiary/aromatic N) is 3. The van der Waals surface area contributed by atoms with Gasteiger partial charge >= 0.3 is 0 Å². The topological polar surface area (TPSA) is 76.1 Å². The first-order valence-corrected chi connectivity index (χ1v) is 8.41. The Labute approximate surface area is 159 Å². The Morgan fingerprint density at radius 1 is 1.29 bits per heavy atom. The quantitative estimate of drug-likeness (QED) is 0.693. The number of hydrogen-bond donors (Lipinski definition) is 1. The molecule has 0 saturated heterocycles. The molecule has 2 heterocycles. The molecule has 0 aliphatic carbocycles. The molecule has 0 atom stereocenters. The Morgan fingerprint density at radius 3 is 2.68 bits per heavy atom. The molecule has 0 spiro atoms. The molecule has 1 N–H and O–H groups in total. The first kappa shape index (κ1) is 19.0. The number of hydrogen-bond acceptors (Lipinski definition) is 4. The van der Waals surface area contributed by atoms with E-state index in [9.17, 15) is 19.1 Å². The first-order valence-electron chi connectivity index (χ1n) is 8.41. The Bertz CT molecular complexity index is 1250. The maximum absolute atomic E-state index is 13.4. The van der Waals surface area contributed by atoms with E-state index in [1.165, 1.54) is 39.6 Å². The van der Waals surface area contributed by atoms with E-state index in [2.05, 4.69) is 18.2 Å². The zero-order valence-corrected chi connectivity index (χ0v) is 15.2. The van der Waals surface area contributed by atoms with Crippen molar-refractivity contribution in [2.45, 2.75) is 13.5 Å². The number of rotatable bonds is 5. The third-order valence-electron chi connectivity index (χ3n) is 4.31. The number of pyridine rings is 1. The van der Waals surface area contributed by atoms with Crippen LogP contribution >= 0.6 is 0 Å². The van der Waals surface area contributed by atoms with Gasteiger partial charge in [-0.25, -0.2) is 4.39 Å². The van der Waals surface area contributed by atoms with E-state index in [0.717, 1.165) is 0 Å². The molecule has 28 heavy (non-hydrogen) atoms. The third kappa shape index (κ3) is 3.29. The van der Waals surface area contributed by atoms with Crippen LogP contribution in [0.3, 0.4) is 0 Å². The van der Waals surface area contributed by atoms with E-state index in [1.54, 1.807) is 25.3 Å². The molecule has 7 heteroatoms. The Morgan fingerprint density at radius 2 is 2.04 bits per heavy atom. The van der Waals surface area contributed by atoms with Gasteiger partial charge in [-0.1, -0.05) is 25.3 Å². The second-order valence-corrected chi connectivity index (χ2v) is 6.17. The molecule has 0 fully saturated rings. The lowest BCUT2D eigenvalue weighted by Crippen LogP contribution is -2.27. The molecule has 6 nitrogen and oxygen atoms in total. The Kier molecular flexibility index (Phi) is 5.08. The standard InChI is InChI=1S/C21H18FN3O3/c1-4-17(23-5-2)16-12-25-13(3)10-24(11-14-7-6-8-15(22)9-14)21(28)18(25)20(27)19(16)26/h4-10,12,27H,1-2,11H2,3H3. The monoisotopic (exact) mass is 379 g/mol. The van der Waals surface area contributed by atoms with Gasteiger partial charge in [0, 0.05) is 24.3 Å². The van der Waals surface area contributed by atoms with Crippen LogP contribution in [0.5, 0.6) is 5.75 Å². The molecule has 1 aromatic carbocycles. The van der Waals surface area contributed by atoms with Gasteiger partial charge in [0.05, 0.1) is 17.8 Å². The number of allylic oxidation sites excluding steroid dienone is 1. The summed E-state index contributed by atoms with van der Waals surface area (Å²) in [4.78, 5) is 29.5. The lowest BCUT2D eigenvalue weighted by Gasteiger charge is -2.14. The molecule has 3 rings (SSSR count). The fraction of sp³-hybridized carbons (Fsp3) is 0.0952. The number of aromatic nitrogens is 2. The minimum atomic E-state index is -0.736. The van der Waals surface area contributed by atoms with Crippen LogP contribution in [0, 0.1) is 12.7 Å². The molecule has 0 amide bonds. The largest absolute Gasteiger partial charge is 0.503 e. The molecule has 2 aromatic heterocycles. The maximum Gasteiger partial charge on any atom is 0.279 e. The van der Waals surface area contributed by atoms with Crippen LogP contribution in [0.1, 0.15) is 16.8 Å². The predicted octanol–water partition coefficient (Wildman–Crippen LogP) is 2.78. The van der Waals surface area contributed by atoms with Crippen molar-refractivity contribution in [3.05, 3.63) is 105 Å². The van der Waals surface area contributed by atoms with Crippen molar-refractivity contribution in [2.75, 3.05) is 0 Å². The second-order valence-electron chi connectivity index (χ2n) is 6.17. The highest BCUT2D eigenvalue weighted by Crippen LogP contribution is 2.15. The van der Waals surface area contributed by atoms with Crippen molar-refractivity contribution in [1.82, 2.24) is 8.97 Å². The predicted molar refractivity (Wildman–Crippen MR) is 107 cm³/mol. The van der Waals surface area contributed by atoms with Crippen LogP contribution in [0.2, 0.25) is 0 Å². The molecule has 0 unspecified atom stereocenters. The molecule has 0 bridgehead atoms. The number of aryl methyl sites for hydroxylation is 1. The SMILES string of the molecule is C=CN=C(C=C)c1cn2c(C)cn(Cc3cccc(F)c3)c(=O)c2c(O)c1=O. The van der Waals surface area contributed by atoms with E-state index < -0.39 is 22.6 Å². The fourth-order valence-corrected chi connectivity index (χ4v) is 3.03. The third-order valence-corrected chi connectivity index (χ3v) is 4.31. The highest BCUT2D eigenvalue weighted by atomic mass is 19.1. The van der Waals surface area contributed by atoms with Gasteiger partial charge in [0.25, 0.3) is 5.56 Å². The van der Waals surface area contributed by atoms with E-state index in [1.807, 2.05) is 0 Å². The van der Waals surface area contributed by atoms with Gasteiger partial charge in [0.15, 0.2) is 11.3 Å². The highest BCUT2D eigenvalue weighted by Gasteiger charge is 2.18. The summed E-state index contributed by atoms with van der Waals surface area (Å²) in [6, 6.07) is 5.87. The van der Waals surface area contributed by atoms with Crippen LogP contribution < -0.4 is 11.0 Å². The number of aliphatic imine (C=N–C) groups is 1. The van der Waals surface area contributed by atoms with Gasteiger partial charge in [0.1, 0.15) is 5.82 Å². The zero-order valence-electron chi connectivity index (χ0n) is 15.2. The zero-order chi connectivity index (χ0) is 20.4. The summed E-state index contributed by atoms with van der Waals surface area (Å²) in [6.45, 7) is 8.92. The van der Waals surface area contributed by atoms with Crippen molar-refractivity contribution in [1.29, 1.82) is 0 Å². The van der Waals surface area contributed by atoms with Crippen molar-refractivity contribution in [3.63, 3.8) is 0 Å². The van der Waals surface area contributed by atoms with Crippen molar-refractivity contribution < 1.29 is 9.50 Å². The average Bonchev–Trinajstić information content (AvgIpc) is 2.66. The number of aromatic hydroxyl groups is 1. The summed E-state index contributed by atoms with van der Waals surface area (Å²) in [5, 5.41) is 10.5. The minimum absolute atomic E-state index is 0.0929. The van der Waals surface area contributed by atoms with Crippen LogP contribution in [-0.2, 0) is 6.54 Å². The minimum Gasteiger partial charge on any atom is -0.503 e. The molecule has 3 aromatic rings. The fourth-order valence-electron chi connectivity index (χ4n) is 3.03. The molecular weight excluding hydrogens is 361 g/mol. The van der Waals surface area contributed by atoms with E-state index in [-0.39, 0.29) is 23.3 Å². The van der Waals surface area contributed by atoms with Gasteiger partial charge in [0.2, 0.25) is 5.43 Å². The van der Waals surface area contributed by atoms with Gasteiger partial charge in [-0.3, -0.25) is 14.6 Å². The summed E-state index contributed by atoms with van der Waals surface area (Å²) in [5.74, 6) is -1.09. The second kappa shape index (κ2) is 7.48. The van der Waals surface area contributed by atoms with Crippen LogP contribution in [0.25, 0.3) is 5.52 Å². The molecule has 0 aliphatic rings. The summed E-state index contributed by atoms with van der Waals surface area (Å²) < 4.78 is 16.2. The molecule has 0 aliphatic heterocycles. The highest BCUT2D eigenvalue weighted by molar-refractivity contribution is 6.08. The average molecular weight is 379 g/mol. The lowest BCUT2D eigenvalue weighted by atomic mass is 10.1. The molecule has 0 saturated carbocycles. The van der Waals surface area contributed by atoms with Crippen molar-refractivity contribution in [2.24, 2.45) is 4.99 Å². The van der Waals surface area contributed by atoms with E-state index in [4.69, 9.17) is 0 Å². The molecular formula is C21H18FN3O3. The van der Waals surface area contributed by atoms with Gasteiger partial charge in [-0.15, -0.1) is 0 Å². The summed E-state index contributed by atoms with van der Waals surface area (Å²) in [6.07, 6.45) is 5.63. The lowest BCUT2D eigenvalue weighted by molar-refractivity contribution is 0.471. The maximum atomic E-state index is 13.4. The van der Waals surface area contributed by atoms with Crippen molar-refractivity contribution in [3.8, 4) is 5.75 Å². The number of fused-ring (bicyclic) bond motifs is 1. The van der Waals surface area contributed by atoms with E-state index in [0.29, 0.717) is 11.3 Å². The Hall–Kier alpha value is -3.74.